The van der Waals surface area contributed by atoms with Crippen molar-refractivity contribution in [3.8, 4) is 11.4 Å². The Morgan fingerprint density at radius 3 is 2.76 bits per heavy atom. The summed E-state index contributed by atoms with van der Waals surface area (Å²) < 4.78 is 1.94. The fourth-order valence-electron chi connectivity index (χ4n) is 3.44. The van der Waals surface area contributed by atoms with E-state index in [1.54, 1.807) is 0 Å². The Bertz CT molecular complexity index is 715. The molecule has 134 valence electrons. The Morgan fingerprint density at radius 1 is 1.24 bits per heavy atom. The topological polar surface area (TPSA) is 59.8 Å². The first-order valence-electron chi connectivity index (χ1n) is 8.93. The van der Waals surface area contributed by atoms with Crippen LogP contribution in [0.3, 0.4) is 0 Å². The average Bonchev–Trinajstić information content (AvgIpc) is 2.99. The third kappa shape index (κ3) is 4.24. The molecule has 6 heteroatoms. The van der Waals surface area contributed by atoms with E-state index in [9.17, 15) is 4.79 Å². The van der Waals surface area contributed by atoms with E-state index in [-0.39, 0.29) is 5.91 Å². The molecular weight excluding hydrogens is 332 g/mol. The number of nitrogens with one attached hydrogen (secondary N) is 1. The number of hydrogen-bond acceptors (Lipinski definition) is 4. The number of rotatable bonds is 5. The van der Waals surface area contributed by atoms with Gasteiger partial charge in [0, 0.05) is 18.7 Å². The summed E-state index contributed by atoms with van der Waals surface area (Å²) in [5.74, 6) is 2.50. The van der Waals surface area contributed by atoms with Crippen LogP contribution < -0.4 is 5.32 Å². The first kappa shape index (κ1) is 18.0. The Hall–Kier alpha value is -1.82. The number of hydrogen-bond donors (Lipinski definition) is 1. The number of nitrogens with zero attached hydrogens (tertiary/aromatic N) is 3. The van der Waals surface area contributed by atoms with Gasteiger partial charge >= 0.3 is 0 Å². The van der Waals surface area contributed by atoms with E-state index in [1.165, 1.54) is 24.6 Å². The molecule has 1 fully saturated rings. The van der Waals surface area contributed by atoms with Crippen molar-refractivity contribution in [3.05, 3.63) is 30.3 Å². The van der Waals surface area contributed by atoms with Gasteiger partial charge in [-0.05, 0) is 18.3 Å². The van der Waals surface area contributed by atoms with E-state index in [1.807, 2.05) is 41.9 Å². The molecule has 1 saturated carbocycles. The SMILES string of the molecule is C[C@H]1[C@H](C)CCC[C@@H]1NC(=O)CSc1nnc(-c2ccccc2)n1C. The van der Waals surface area contributed by atoms with Crippen molar-refractivity contribution in [2.75, 3.05) is 5.75 Å². The number of carbonyl (C=O) groups is 1. The van der Waals surface area contributed by atoms with E-state index in [4.69, 9.17) is 0 Å². The first-order chi connectivity index (χ1) is 12.1. The molecule has 1 aliphatic carbocycles. The molecule has 1 heterocycles. The molecule has 1 N–H and O–H groups in total. The zero-order valence-electron chi connectivity index (χ0n) is 15.1. The van der Waals surface area contributed by atoms with Crippen LogP contribution in [0, 0.1) is 11.8 Å². The lowest BCUT2D eigenvalue weighted by atomic mass is 9.78. The largest absolute Gasteiger partial charge is 0.352 e. The zero-order valence-corrected chi connectivity index (χ0v) is 15.9. The van der Waals surface area contributed by atoms with Crippen LogP contribution >= 0.6 is 11.8 Å². The molecule has 0 bridgehead atoms. The molecule has 3 atom stereocenters. The molecule has 0 unspecified atom stereocenters. The first-order valence-corrected chi connectivity index (χ1v) is 9.91. The molecule has 2 aromatic rings. The predicted molar refractivity (Wildman–Crippen MR) is 101 cm³/mol. The molecule has 1 amide bonds. The van der Waals surface area contributed by atoms with Crippen LogP contribution in [0.15, 0.2) is 35.5 Å². The van der Waals surface area contributed by atoms with Crippen molar-refractivity contribution in [1.29, 1.82) is 0 Å². The molecule has 0 aliphatic heterocycles. The van der Waals surface area contributed by atoms with E-state index < -0.39 is 0 Å². The van der Waals surface area contributed by atoms with Crippen LogP contribution in [0.5, 0.6) is 0 Å². The Kier molecular flexibility index (Phi) is 5.78. The van der Waals surface area contributed by atoms with Gasteiger partial charge in [-0.25, -0.2) is 0 Å². The highest BCUT2D eigenvalue weighted by molar-refractivity contribution is 7.99. The minimum Gasteiger partial charge on any atom is -0.352 e. The van der Waals surface area contributed by atoms with Gasteiger partial charge in [-0.1, -0.05) is 68.8 Å². The number of benzene rings is 1. The van der Waals surface area contributed by atoms with Gasteiger partial charge in [0.2, 0.25) is 5.91 Å². The lowest BCUT2D eigenvalue weighted by molar-refractivity contribution is -0.120. The average molecular weight is 359 g/mol. The number of thioether (sulfide) groups is 1. The maximum Gasteiger partial charge on any atom is 0.230 e. The molecule has 1 aliphatic rings. The summed E-state index contributed by atoms with van der Waals surface area (Å²) in [5, 5.41) is 12.5. The summed E-state index contributed by atoms with van der Waals surface area (Å²) in [4.78, 5) is 12.3. The van der Waals surface area contributed by atoms with Crippen LogP contribution in [-0.4, -0.2) is 32.5 Å². The second-order valence-electron chi connectivity index (χ2n) is 6.96. The van der Waals surface area contributed by atoms with Crippen LogP contribution in [0.25, 0.3) is 11.4 Å². The molecule has 5 nitrogen and oxygen atoms in total. The highest BCUT2D eigenvalue weighted by Crippen LogP contribution is 2.29. The van der Waals surface area contributed by atoms with Gasteiger partial charge in [0.1, 0.15) is 0 Å². The lowest BCUT2D eigenvalue weighted by Crippen LogP contribution is -2.44. The van der Waals surface area contributed by atoms with Crippen molar-refractivity contribution in [2.45, 2.75) is 44.3 Å². The van der Waals surface area contributed by atoms with E-state index >= 15 is 0 Å². The van der Waals surface area contributed by atoms with Crippen molar-refractivity contribution >= 4 is 17.7 Å². The highest BCUT2D eigenvalue weighted by Gasteiger charge is 2.28. The monoisotopic (exact) mass is 358 g/mol. The van der Waals surface area contributed by atoms with Gasteiger partial charge < -0.3 is 9.88 Å². The standard InChI is InChI=1S/C19H26N4OS/c1-13-8-7-11-16(14(13)2)20-17(24)12-25-19-22-21-18(23(19)3)15-9-5-4-6-10-15/h4-6,9-10,13-14,16H,7-8,11-12H2,1-3H3,(H,20,24)/t13-,14+,16+/m1/s1. The molecular formula is C19H26N4OS. The Labute approximate surface area is 153 Å². The maximum absolute atomic E-state index is 12.3. The predicted octanol–water partition coefficient (Wildman–Crippen LogP) is 3.52. The normalized spacial score (nSPS) is 23.4. The summed E-state index contributed by atoms with van der Waals surface area (Å²) in [6, 6.07) is 10.3. The molecule has 25 heavy (non-hydrogen) atoms. The second-order valence-corrected chi connectivity index (χ2v) is 7.90. The summed E-state index contributed by atoms with van der Waals surface area (Å²) in [6.45, 7) is 4.53. The Balaban J connectivity index is 1.57. The maximum atomic E-state index is 12.3. The van der Waals surface area contributed by atoms with E-state index in [0.717, 1.165) is 23.0 Å². The van der Waals surface area contributed by atoms with Crippen LogP contribution in [0.4, 0.5) is 0 Å². The fourth-order valence-corrected chi connectivity index (χ4v) is 4.17. The zero-order chi connectivity index (χ0) is 17.8. The number of amides is 1. The van der Waals surface area contributed by atoms with Crippen LogP contribution in [-0.2, 0) is 11.8 Å². The van der Waals surface area contributed by atoms with Gasteiger partial charge in [0.15, 0.2) is 11.0 Å². The third-order valence-electron chi connectivity index (χ3n) is 5.25. The summed E-state index contributed by atoms with van der Waals surface area (Å²) in [7, 11) is 1.94. The minimum absolute atomic E-state index is 0.0835. The van der Waals surface area contributed by atoms with Gasteiger partial charge in [-0.15, -0.1) is 10.2 Å². The summed E-state index contributed by atoms with van der Waals surface area (Å²) in [5.41, 5.74) is 1.03. The minimum atomic E-state index is 0.0835. The van der Waals surface area contributed by atoms with Crippen molar-refractivity contribution in [2.24, 2.45) is 18.9 Å². The van der Waals surface area contributed by atoms with E-state index in [2.05, 4.69) is 29.4 Å². The van der Waals surface area contributed by atoms with E-state index in [0.29, 0.717) is 23.6 Å². The molecule has 1 aromatic carbocycles. The fraction of sp³-hybridized carbons (Fsp3) is 0.526. The molecule has 0 spiro atoms. The summed E-state index contributed by atoms with van der Waals surface area (Å²) >= 11 is 1.44. The Morgan fingerprint density at radius 2 is 2.00 bits per heavy atom. The summed E-state index contributed by atoms with van der Waals surface area (Å²) in [6.07, 6.45) is 3.56. The molecule has 0 radical (unpaired) electrons. The number of aromatic nitrogens is 3. The third-order valence-corrected chi connectivity index (χ3v) is 6.27. The van der Waals surface area contributed by atoms with Crippen LogP contribution in [0.1, 0.15) is 33.1 Å². The lowest BCUT2D eigenvalue weighted by Gasteiger charge is -2.34. The second kappa shape index (κ2) is 8.04. The quantitative estimate of drug-likeness (QED) is 0.831. The van der Waals surface area contributed by atoms with Crippen molar-refractivity contribution in [3.63, 3.8) is 0 Å². The number of carbonyl (C=O) groups excluding carboxylic acids is 1. The molecule has 1 aromatic heterocycles. The van der Waals surface area contributed by atoms with Crippen molar-refractivity contribution < 1.29 is 4.79 Å². The molecule has 0 saturated heterocycles. The van der Waals surface area contributed by atoms with Gasteiger partial charge in [0.25, 0.3) is 0 Å². The molecule has 3 rings (SSSR count). The van der Waals surface area contributed by atoms with Gasteiger partial charge in [-0.2, -0.15) is 0 Å². The highest BCUT2D eigenvalue weighted by atomic mass is 32.2. The smallest absolute Gasteiger partial charge is 0.230 e. The van der Waals surface area contributed by atoms with Gasteiger partial charge in [-0.3, -0.25) is 4.79 Å². The van der Waals surface area contributed by atoms with Crippen molar-refractivity contribution in [1.82, 2.24) is 20.1 Å². The van der Waals surface area contributed by atoms with Gasteiger partial charge in [0.05, 0.1) is 5.75 Å². The van der Waals surface area contributed by atoms with Crippen LogP contribution in [0.2, 0.25) is 0 Å².